The maximum Gasteiger partial charge on any atom is 0.287 e. The third-order valence-corrected chi connectivity index (χ3v) is 4.12. The Morgan fingerprint density at radius 2 is 2.15 bits per heavy atom. The first-order chi connectivity index (χ1) is 9.52. The van der Waals surface area contributed by atoms with Gasteiger partial charge in [0.05, 0.1) is 11.0 Å². The van der Waals surface area contributed by atoms with E-state index in [4.69, 9.17) is 4.74 Å². The molecule has 1 atom stereocenters. The summed E-state index contributed by atoms with van der Waals surface area (Å²) in [7, 11) is 1.75. The number of ether oxygens (including phenoxy) is 1. The van der Waals surface area contributed by atoms with Gasteiger partial charge in [-0.25, -0.2) is 4.98 Å². The third-order valence-electron chi connectivity index (χ3n) is 4.12. The van der Waals surface area contributed by atoms with E-state index in [0.29, 0.717) is 5.92 Å². The van der Waals surface area contributed by atoms with Crippen LogP contribution in [0.1, 0.15) is 25.3 Å². The molecule has 1 fully saturated rings. The summed E-state index contributed by atoms with van der Waals surface area (Å²) in [5, 5.41) is 10.7. The summed E-state index contributed by atoms with van der Waals surface area (Å²) < 4.78 is 5.39. The lowest BCUT2D eigenvalue weighted by Gasteiger charge is -2.35. The van der Waals surface area contributed by atoms with E-state index in [1.54, 1.807) is 13.2 Å². The number of rotatable bonds is 4. The van der Waals surface area contributed by atoms with Crippen LogP contribution in [0.4, 0.5) is 11.5 Å². The van der Waals surface area contributed by atoms with Crippen LogP contribution in [0.2, 0.25) is 0 Å². The van der Waals surface area contributed by atoms with Gasteiger partial charge in [0.2, 0.25) is 0 Å². The number of methoxy groups -OCH3 is 1. The van der Waals surface area contributed by atoms with Crippen molar-refractivity contribution >= 4 is 11.5 Å². The molecule has 0 bridgehead atoms. The number of hydrogen-bond acceptors (Lipinski definition) is 5. The fourth-order valence-corrected chi connectivity index (χ4v) is 2.76. The van der Waals surface area contributed by atoms with Gasteiger partial charge in [-0.15, -0.1) is 0 Å². The Morgan fingerprint density at radius 3 is 2.65 bits per heavy atom. The Kier molecular flexibility index (Phi) is 4.54. The number of anilines is 1. The number of nitrogens with zero attached hydrogens (tertiary/aromatic N) is 3. The molecule has 1 aliphatic heterocycles. The third kappa shape index (κ3) is 3.07. The number of pyridine rings is 1. The molecule has 2 heterocycles. The minimum absolute atomic E-state index is 0.0501. The molecule has 0 unspecified atom stereocenters. The number of piperidine rings is 1. The Labute approximate surface area is 118 Å². The van der Waals surface area contributed by atoms with E-state index >= 15 is 0 Å². The molecule has 20 heavy (non-hydrogen) atoms. The molecule has 0 radical (unpaired) electrons. The Balaban J connectivity index is 2.05. The van der Waals surface area contributed by atoms with Gasteiger partial charge in [0.1, 0.15) is 12.0 Å². The number of aryl methyl sites for hydroxylation is 1. The Hall–Kier alpha value is -1.69. The normalized spacial score (nSPS) is 18.1. The van der Waals surface area contributed by atoms with Gasteiger partial charge < -0.3 is 9.64 Å². The maximum absolute atomic E-state index is 10.7. The molecular weight excluding hydrogens is 258 g/mol. The highest BCUT2D eigenvalue weighted by atomic mass is 16.6. The minimum atomic E-state index is -0.406. The number of nitro groups is 1. The predicted octanol–water partition coefficient (Wildman–Crippen LogP) is 2.55. The molecule has 0 amide bonds. The van der Waals surface area contributed by atoms with Gasteiger partial charge >= 0.3 is 0 Å². The molecule has 6 heteroatoms. The van der Waals surface area contributed by atoms with E-state index in [2.05, 4.69) is 16.8 Å². The molecule has 110 valence electrons. The van der Waals surface area contributed by atoms with Crippen LogP contribution in [-0.2, 0) is 4.74 Å². The van der Waals surface area contributed by atoms with Gasteiger partial charge in [-0.3, -0.25) is 10.1 Å². The fraction of sp³-hybridized carbons (Fsp3) is 0.643. The van der Waals surface area contributed by atoms with E-state index in [1.165, 1.54) is 6.20 Å². The molecule has 0 aromatic carbocycles. The highest BCUT2D eigenvalue weighted by molar-refractivity contribution is 5.50. The molecular formula is C14H21N3O3. The average Bonchev–Trinajstić information content (AvgIpc) is 2.46. The van der Waals surface area contributed by atoms with Crippen molar-refractivity contribution in [1.82, 2.24) is 4.98 Å². The Morgan fingerprint density at radius 1 is 1.50 bits per heavy atom. The summed E-state index contributed by atoms with van der Waals surface area (Å²) in [4.78, 5) is 16.8. The van der Waals surface area contributed by atoms with Gasteiger partial charge in [-0.2, -0.15) is 0 Å². The van der Waals surface area contributed by atoms with Crippen LogP contribution in [0.3, 0.4) is 0 Å². The van der Waals surface area contributed by atoms with Crippen molar-refractivity contribution in [3.8, 4) is 0 Å². The van der Waals surface area contributed by atoms with Crippen molar-refractivity contribution in [2.45, 2.75) is 32.8 Å². The van der Waals surface area contributed by atoms with Crippen molar-refractivity contribution < 1.29 is 9.66 Å². The summed E-state index contributed by atoms with van der Waals surface area (Å²) in [6, 6.07) is 1.59. The second-order valence-corrected chi connectivity index (χ2v) is 5.36. The second-order valence-electron chi connectivity index (χ2n) is 5.36. The van der Waals surface area contributed by atoms with Crippen LogP contribution in [0.25, 0.3) is 0 Å². The van der Waals surface area contributed by atoms with E-state index in [1.807, 2.05) is 6.92 Å². The van der Waals surface area contributed by atoms with Crippen molar-refractivity contribution in [1.29, 1.82) is 0 Å². The fourth-order valence-electron chi connectivity index (χ4n) is 2.76. The molecule has 1 saturated heterocycles. The van der Waals surface area contributed by atoms with Gasteiger partial charge in [0.25, 0.3) is 5.69 Å². The van der Waals surface area contributed by atoms with Crippen molar-refractivity contribution in [3.63, 3.8) is 0 Å². The molecule has 1 aromatic heterocycles. The van der Waals surface area contributed by atoms with Gasteiger partial charge in [-0.1, -0.05) is 0 Å². The van der Waals surface area contributed by atoms with Crippen molar-refractivity contribution in [2.75, 3.05) is 25.1 Å². The smallest absolute Gasteiger partial charge is 0.287 e. The molecule has 0 aliphatic carbocycles. The zero-order chi connectivity index (χ0) is 14.7. The van der Waals surface area contributed by atoms with Crippen LogP contribution in [0.5, 0.6) is 0 Å². The summed E-state index contributed by atoms with van der Waals surface area (Å²) in [5.74, 6) is 1.44. The van der Waals surface area contributed by atoms with Gasteiger partial charge in [0.15, 0.2) is 0 Å². The SMILES string of the molecule is CO[C@@H](C)C1CCN(c2ncc([N+](=O)[O-])cc2C)CC1. The summed E-state index contributed by atoms with van der Waals surface area (Å²) in [6.07, 6.45) is 3.75. The van der Waals surface area contributed by atoms with Crippen LogP contribution in [-0.4, -0.2) is 36.2 Å². The monoisotopic (exact) mass is 279 g/mol. The first kappa shape index (κ1) is 14.7. The summed E-state index contributed by atoms with van der Waals surface area (Å²) >= 11 is 0. The first-order valence-electron chi connectivity index (χ1n) is 6.91. The quantitative estimate of drug-likeness (QED) is 0.626. The highest BCUT2D eigenvalue weighted by Gasteiger charge is 2.25. The van der Waals surface area contributed by atoms with Crippen LogP contribution in [0, 0.1) is 23.0 Å². The lowest BCUT2D eigenvalue weighted by Crippen LogP contribution is -2.38. The molecule has 1 aromatic rings. The molecule has 0 N–H and O–H groups in total. The number of aromatic nitrogens is 1. The van der Waals surface area contributed by atoms with Crippen LogP contribution < -0.4 is 4.90 Å². The van der Waals surface area contributed by atoms with E-state index in [-0.39, 0.29) is 11.8 Å². The van der Waals surface area contributed by atoms with Crippen molar-refractivity contribution in [2.24, 2.45) is 5.92 Å². The average molecular weight is 279 g/mol. The second kappa shape index (κ2) is 6.17. The van der Waals surface area contributed by atoms with E-state index in [0.717, 1.165) is 37.3 Å². The lowest BCUT2D eigenvalue weighted by atomic mass is 9.92. The molecule has 6 nitrogen and oxygen atoms in total. The topological polar surface area (TPSA) is 68.5 Å². The zero-order valence-corrected chi connectivity index (χ0v) is 12.2. The van der Waals surface area contributed by atoms with Crippen molar-refractivity contribution in [3.05, 3.63) is 27.9 Å². The number of hydrogen-bond donors (Lipinski definition) is 0. The molecule has 0 spiro atoms. The van der Waals surface area contributed by atoms with E-state index < -0.39 is 4.92 Å². The van der Waals surface area contributed by atoms with Crippen LogP contribution >= 0.6 is 0 Å². The predicted molar refractivity (Wildman–Crippen MR) is 77.0 cm³/mol. The summed E-state index contributed by atoms with van der Waals surface area (Å²) in [6.45, 7) is 5.82. The standard InChI is InChI=1S/C14H21N3O3/c1-10-8-13(17(18)19)9-15-14(10)16-6-4-12(5-7-16)11(2)20-3/h8-9,11-12H,4-7H2,1-3H3/t11-/m0/s1. The molecule has 1 aliphatic rings. The van der Waals surface area contributed by atoms with Gasteiger partial charge in [0, 0.05) is 26.3 Å². The largest absolute Gasteiger partial charge is 0.381 e. The highest BCUT2D eigenvalue weighted by Crippen LogP contribution is 2.28. The minimum Gasteiger partial charge on any atom is -0.381 e. The van der Waals surface area contributed by atoms with Gasteiger partial charge in [-0.05, 0) is 38.2 Å². The summed E-state index contributed by atoms with van der Waals surface area (Å²) in [5.41, 5.74) is 0.909. The Bertz CT molecular complexity index is 485. The lowest BCUT2D eigenvalue weighted by molar-refractivity contribution is -0.385. The van der Waals surface area contributed by atoms with E-state index in [9.17, 15) is 10.1 Å². The first-order valence-corrected chi connectivity index (χ1v) is 6.91. The molecule has 2 rings (SSSR count). The molecule has 0 saturated carbocycles. The zero-order valence-electron chi connectivity index (χ0n) is 12.2. The van der Waals surface area contributed by atoms with Crippen LogP contribution in [0.15, 0.2) is 12.3 Å². The maximum atomic E-state index is 10.7.